The van der Waals surface area contributed by atoms with Crippen molar-refractivity contribution in [1.29, 1.82) is 0 Å². The Morgan fingerprint density at radius 2 is 2.03 bits per heavy atom. The van der Waals surface area contributed by atoms with Crippen LogP contribution < -0.4 is 5.32 Å². The van der Waals surface area contributed by atoms with E-state index in [0.717, 1.165) is 16.9 Å². The molecule has 11 heteroatoms. The fourth-order valence-electron chi connectivity index (χ4n) is 4.23. The number of hydrogen-bond donors (Lipinski definition) is 1. The molecule has 1 aliphatic rings. The summed E-state index contributed by atoms with van der Waals surface area (Å²) < 4.78 is 29.8. The monoisotopic (exact) mass is 478 g/mol. The number of rotatable bonds is 6. The van der Waals surface area contributed by atoms with E-state index >= 15 is 0 Å². The number of carbonyl (C=O) groups excluding carboxylic acids is 1. The van der Waals surface area contributed by atoms with Crippen LogP contribution in [-0.2, 0) is 20.1 Å². The zero-order chi connectivity index (χ0) is 24.7. The maximum atomic E-state index is 13.4. The first-order valence-electron chi connectivity index (χ1n) is 11.1. The summed E-state index contributed by atoms with van der Waals surface area (Å²) in [6, 6.07) is 6.13. The van der Waals surface area contributed by atoms with Gasteiger partial charge in [-0.15, -0.1) is 0 Å². The first-order valence-corrected chi connectivity index (χ1v) is 11.1. The highest BCUT2D eigenvalue weighted by molar-refractivity contribution is 5.95. The largest absolute Gasteiger partial charge is 0.341 e. The molecular weight excluding hydrogens is 454 g/mol. The van der Waals surface area contributed by atoms with Gasteiger partial charge in [0, 0.05) is 55.4 Å². The summed E-state index contributed by atoms with van der Waals surface area (Å²) in [6.45, 7) is 4.58. The molecule has 1 N–H and O–H groups in total. The molecule has 0 fully saturated rings. The molecule has 0 saturated heterocycles. The standard InChI is InChI=1S/C24H24F2N8O/c1-14-10-28-24(30-20-5-7-29-32(20)3)31-21(14)17-9-19-23(35)34(15(2)11-33(19)12-17)13-18-8-16(22(25)26)4-6-27-18/h4-10,12,15,22H,11,13H2,1-3H3,(H,28,30,31)/t15-/m0/s1. The number of alkyl halides is 2. The minimum atomic E-state index is -2.58. The minimum absolute atomic E-state index is 0.104. The van der Waals surface area contributed by atoms with Crippen LogP contribution in [-0.4, -0.2) is 46.1 Å². The lowest BCUT2D eigenvalue weighted by Crippen LogP contribution is -2.45. The number of aromatic nitrogens is 6. The van der Waals surface area contributed by atoms with Crippen molar-refractivity contribution >= 4 is 17.7 Å². The van der Waals surface area contributed by atoms with Crippen molar-refractivity contribution in [2.45, 2.75) is 39.4 Å². The molecule has 5 heterocycles. The zero-order valence-electron chi connectivity index (χ0n) is 19.5. The van der Waals surface area contributed by atoms with Crippen LogP contribution in [0.2, 0.25) is 0 Å². The van der Waals surface area contributed by atoms with Gasteiger partial charge in [-0.2, -0.15) is 5.10 Å². The number of amides is 1. The Bertz CT molecular complexity index is 1400. The fraction of sp³-hybridized carbons (Fsp3) is 0.292. The average molecular weight is 479 g/mol. The van der Waals surface area contributed by atoms with E-state index < -0.39 is 6.43 Å². The third-order valence-electron chi connectivity index (χ3n) is 6.10. The molecule has 1 aliphatic heterocycles. The maximum absolute atomic E-state index is 13.4. The second-order valence-electron chi connectivity index (χ2n) is 8.62. The van der Waals surface area contributed by atoms with E-state index in [2.05, 4.69) is 25.4 Å². The van der Waals surface area contributed by atoms with Gasteiger partial charge in [0.05, 0.1) is 24.1 Å². The van der Waals surface area contributed by atoms with Gasteiger partial charge in [0.2, 0.25) is 5.95 Å². The van der Waals surface area contributed by atoms with Crippen molar-refractivity contribution in [3.8, 4) is 11.3 Å². The van der Waals surface area contributed by atoms with Gasteiger partial charge in [-0.05, 0) is 37.6 Å². The first kappa shape index (κ1) is 22.6. The predicted octanol–water partition coefficient (Wildman–Crippen LogP) is 4.11. The molecule has 0 aliphatic carbocycles. The van der Waals surface area contributed by atoms with Gasteiger partial charge in [0.25, 0.3) is 12.3 Å². The summed E-state index contributed by atoms with van der Waals surface area (Å²) >= 11 is 0. The fourth-order valence-corrected chi connectivity index (χ4v) is 4.23. The van der Waals surface area contributed by atoms with Gasteiger partial charge < -0.3 is 14.8 Å². The van der Waals surface area contributed by atoms with Crippen LogP contribution in [0.5, 0.6) is 0 Å². The molecule has 1 amide bonds. The predicted molar refractivity (Wildman–Crippen MR) is 125 cm³/mol. The second-order valence-corrected chi connectivity index (χ2v) is 8.62. The summed E-state index contributed by atoms with van der Waals surface area (Å²) in [7, 11) is 1.82. The number of halogens is 2. The Kier molecular flexibility index (Phi) is 5.75. The minimum Gasteiger partial charge on any atom is -0.341 e. The Balaban J connectivity index is 1.42. The normalized spacial score (nSPS) is 15.5. The molecule has 0 radical (unpaired) electrons. The van der Waals surface area contributed by atoms with Crippen LogP contribution in [0.25, 0.3) is 11.3 Å². The highest BCUT2D eigenvalue weighted by Gasteiger charge is 2.31. The summed E-state index contributed by atoms with van der Waals surface area (Å²) in [5.74, 6) is 0.990. The number of aryl methyl sites for hydroxylation is 2. The maximum Gasteiger partial charge on any atom is 0.271 e. The van der Waals surface area contributed by atoms with Crippen molar-refractivity contribution in [2.24, 2.45) is 7.05 Å². The summed E-state index contributed by atoms with van der Waals surface area (Å²) in [5, 5.41) is 7.28. The summed E-state index contributed by atoms with van der Waals surface area (Å²) in [5.41, 5.74) is 3.22. The van der Waals surface area contributed by atoms with Gasteiger partial charge in [-0.25, -0.2) is 18.7 Å². The quantitative estimate of drug-likeness (QED) is 0.448. The lowest BCUT2D eigenvalue weighted by molar-refractivity contribution is 0.0592. The molecule has 4 aromatic heterocycles. The number of pyridine rings is 1. The van der Waals surface area contributed by atoms with Gasteiger partial charge >= 0.3 is 0 Å². The van der Waals surface area contributed by atoms with Crippen LogP contribution in [0.3, 0.4) is 0 Å². The first-order chi connectivity index (χ1) is 16.8. The van der Waals surface area contributed by atoms with Gasteiger partial charge in [-0.3, -0.25) is 14.5 Å². The van der Waals surface area contributed by atoms with E-state index in [0.29, 0.717) is 29.6 Å². The third kappa shape index (κ3) is 4.36. The zero-order valence-corrected chi connectivity index (χ0v) is 19.5. The molecule has 5 rings (SSSR count). The second kappa shape index (κ2) is 8.90. The Hall–Kier alpha value is -4.15. The molecule has 0 saturated carbocycles. The van der Waals surface area contributed by atoms with Crippen LogP contribution in [0.15, 0.2) is 49.1 Å². The Labute approximate surface area is 200 Å². The molecular formula is C24H24F2N8O. The van der Waals surface area contributed by atoms with Crippen molar-refractivity contribution in [3.05, 3.63) is 71.6 Å². The average Bonchev–Trinajstić information content (AvgIpc) is 3.44. The lowest BCUT2D eigenvalue weighted by atomic mass is 10.1. The van der Waals surface area contributed by atoms with Crippen molar-refractivity contribution in [1.82, 2.24) is 34.2 Å². The number of carbonyl (C=O) groups is 1. The summed E-state index contributed by atoms with van der Waals surface area (Å²) in [4.78, 5) is 28.3. The van der Waals surface area contributed by atoms with E-state index in [-0.39, 0.29) is 24.1 Å². The molecule has 0 spiro atoms. The number of nitrogens with zero attached hydrogens (tertiary/aromatic N) is 7. The third-order valence-corrected chi connectivity index (χ3v) is 6.10. The van der Waals surface area contributed by atoms with E-state index in [1.807, 2.05) is 43.8 Å². The molecule has 9 nitrogen and oxygen atoms in total. The topological polar surface area (TPSA) is 93.8 Å². The van der Waals surface area contributed by atoms with E-state index in [1.54, 1.807) is 22.0 Å². The van der Waals surface area contributed by atoms with Crippen molar-refractivity contribution in [3.63, 3.8) is 0 Å². The highest BCUT2D eigenvalue weighted by atomic mass is 19.3. The smallest absolute Gasteiger partial charge is 0.271 e. The van der Waals surface area contributed by atoms with Gasteiger partial charge in [-0.1, -0.05) is 0 Å². The Morgan fingerprint density at radius 3 is 2.77 bits per heavy atom. The Morgan fingerprint density at radius 1 is 1.20 bits per heavy atom. The number of nitrogens with one attached hydrogen (secondary N) is 1. The van der Waals surface area contributed by atoms with Gasteiger partial charge in [0.1, 0.15) is 11.5 Å². The lowest BCUT2D eigenvalue weighted by Gasteiger charge is -2.34. The van der Waals surface area contributed by atoms with E-state index in [4.69, 9.17) is 0 Å². The number of anilines is 2. The molecule has 180 valence electrons. The molecule has 0 bridgehead atoms. The number of fused-ring (bicyclic) bond motifs is 1. The SMILES string of the molecule is Cc1cnc(Nc2ccnn2C)nc1-c1cc2n(c1)C[C@H](C)N(Cc1cc(C(F)F)ccn1)C2=O. The van der Waals surface area contributed by atoms with E-state index in [9.17, 15) is 13.6 Å². The van der Waals surface area contributed by atoms with Crippen LogP contribution in [0, 0.1) is 6.92 Å². The molecule has 35 heavy (non-hydrogen) atoms. The molecule has 4 aromatic rings. The van der Waals surface area contributed by atoms with E-state index in [1.165, 1.54) is 18.3 Å². The van der Waals surface area contributed by atoms with Crippen LogP contribution in [0.1, 0.15) is 40.7 Å². The molecule has 0 aromatic carbocycles. The van der Waals surface area contributed by atoms with Crippen LogP contribution in [0.4, 0.5) is 20.5 Å². The van der Waals surface area contributed by atoms with Crippen molar-refractivity contribution < 1.29 is 13.6 Å². The molecule has 0 unspecified atom stereocenters. The molecule has 1 atom stereocenters. The van der Waals surface area contributed by atoms with Crippen LogP contribution >= 0.6 is 0 Å². The van der Waals surface area contributed by atoms with Gasteiger partial charge in [0.15, 0.2) is 0 Å². The number of hydrogen-bond acceptors (Lipinski definition) is 6. The highest BCUT2D eigenvalue weighted by Crippen LogP contribution is 2.29. The van der Waals surface area contributed by atoms with Crippen molar-refractivity contribution in [2.75, 3.05) is 5.32 Å². The summed E-state index contributed by atoms with van der Waals surface area (Å²) in [6.07, 6.45) is 4.10.